The molecule has 72 valence electrons. The predicted molar refractivity (Wildman–Crippen MR) is 58.2 cm³/mol. The Bertz CT molecular complexity index is 419. The number of rotatable bonds is 2. The third-order valence-corrected chi connectivity index (χ3v) is 3.01. The molecule has 0 aliphatic rings. The number of nitrogens with zero attached hydrogens (tertiary/aromatic N) is 1. The normalized spacial score (nSPS) is 10.4. The molecule has 1 aromatic heterocycles. The fraction of sp³-hybridized carbons (Fsp3) is 0.182. The molecule has 0 unspecified atom stereocenters. The van der Waals surface area contributed by atoms with Crippen LogP contribution in [0.25, 0.3) is 10.6 Å². The van der Waals surface area contributed by atoms with Gasteiger partial charge < -0.3 is 5.11 Å². The van der Waals surface area contributed by atoms with Crippen LogP contribution in [0.3, 0.4) is 0 Å². The Morgan fingerprint density at radius 3 is 2.50 bits per heavy atom. The molecule has 2 nitrogen and oxygen atoms in total. The summed E-state index contributed by atoms with van der Waals surface area (Å²) in [5, 5.41) is 12.0. The lowest BCUT2D eigenvalue weighted by atomic mass is 10.1. The molecule has 1 N–H and O–H groups in total. The second-order valence-electron chi connectivity index (χ2n) is 3.15. The van der Waals surface area contributed by atoms with Gasteiger partial charge >= 0.3 is 0 Å². The largest absolute Gasteiger partial charge is 0.392 e. The van der Waals surface area contributed by atoms with Crippen molar-refractivity contribution in [1.82, 2.24) is 4.98 Å². The van der Waals surface area contributed by atoms with Gasteiger partial charge in [0.15, 0.2) is 0 Å². The van der Waals surface area contributed by atoms with Gasteiger partial charge in [-0.05, 0) is 12.5 Å². The summed E-state index contributed by atoms with van der Waals surface area (Å²) < 4.78 is 0. The third kappa shape index (κ3) is 1.84. The summed E-state index contributed by atoms with van der Waals surface area (Å²) >= 11 is 1.64. The van der Waals surface area contributed by atoms with Crippen LogP contribution < -0.4 is 0 Å². The molecule has 0 saturated heterocycles. The maximum atomic E-state index is 8.89. The number of aliphatic hydroxyl groups excluding tert-OH is 1. The van der Waals surface area contributed by atoms with Crippen LogP contribution in [0.4, 0.5) is 0 Å². The van der Waals surface area contributed by atoms with E-state index in [1.54, 1.807) is 11.3 Å². The van der Waals surface area contributed by atoms with Crippen molar-refractivity contribution in [3.8, 4) is 10.6 Å². The SMILES string of the molecule is Cc1csc(-c2ccc(CO)cc2)n1. The van der Waals surface area contributed by atoms with E-state index in [0.717, 1.165) is 21.8 Å². The average Bonchev–Trinajstić information content (AvgIpc) is 2.65. The Kier molecular flexibility index (Phi) is 2.61. The predicted octanol–water partition coefficient (Wildman–Crippen LogP) is 2.61. The van der Waals surface area contributed by atoms with Crippen LogP contribution in [0, 0.1) is 6.92 Å². The Labute approximate surface area is 86.9 Å². The standard InChI is InChI=1S/C11H11NOS/c1-8-7-14-11(12-8)10-4-2-9(6-13)3-5-10/h2-5,7,13H,6H2,1H3. The first kappa shape index (κ1) is 9.37. The highest BCUT2D eigenvalue weighted by Gasteiger charge is 2.01. The molecule has 1 aromatic carbocycles. The van der Waals surface area contributed by atoms with Crippen LogP contribution in [-0.4, -0.2) is 10.1 Å². The first-order valence-corrected chi connectivity index (χ1v) is 5.30. The molecule has 14 heavy (non-hydrogen) atoms. The Morgan fingerprint density at radius 1 is 1.29 bits per heavy atom. The number of benzene rings is 1. The first-order valence-electron chi connectivity index (χ1n) is 4.42. The Hall–Kier alpha value is -1.19. The summed E-state index contributed by atoms with van der Waals surface area (Å²) in [7, 11) is 0. The molecule has 0 aliphatic carbocycles. The van der Waals surface area contributed by atoms with Crippen LogP contribution >= 0.6 is 11.3 Å². The van der Waals surface area contributed by atoms with E-state index in [9.17, 15) is 0 Å². The number of hydrogen-bond acceptors (Lipinski definition) is 3. The minimum absolute atomic E-state index is 0.0944. The zero-order valence-electron chi connectivity index (χ0n) is 7.90. The van der Waals surface area contributed by atoms with Crippen LogP contribution in [0.15, 0.2) is 29.6 Å². The maximum absolute atomic E-state index is 8.89. The van der Waals surface area contributed by atoms with E-state index in [1.165, 1.54) is 0 Å². The molecule has 0 saturated carbocycles. The van der Waals surface area contributed by atoms with Crippen molar-refractivity contribution in [2.24, 2.45) is 0 Å². The Morgan fingerprint density at radius 2 is 2.00 bits per heavy atom. The van der Waals surface area contributed by atoms with Gasteiger partial charge in [-0.15, -0.1) is 11.3 Å². The highest BCUT2D eigenvalue weighted by Crippen LogP contribution is 2.23. The van der Waals surface area contributed by atoms with Gasteiger partial charge in [0.1, 0.15) is 5.01 Å². The van der Waals surface area contributed by atoms with Crippen molar-refractivity contribution in [3.05, 3.63) is 40.9 Å². The van der Waals surface area contributed by atoms with Gasteiger partial charge in [-0.3, -0.25) is 0 Å². The number of hydrogen-bond donors (Lipinski definition) is 1. The summed E-state index contributed by atoms with van der Waals surface area (Å²) in [5.74, 6) is 0. The van der Waals surface area contributed by atoms with Gasteiger partial charge in [-0.25, -0.2) is 4.98 Å². The average molecular weight is 205 g/mol. The van der Waals surface area contributed by atoms with E-state index in [0.29, 0.717) is 0 Å². The highest BCUT2D eigenvalue weighted by atomic mass is 32.1. The quantitative estimate of drug-likeness (QED) is 0.817. The van der Waals surface area contributed by atoms with Gasteiger partial charge in [0.05, 0.1) is 6.61 Å². The lowest BCUT2D eigenvalue weighted by Gasteiger charge is -1.98. The lowest BCUT2D eigenvalue weighted by molar-refractivity contribution is 0.282. The lowest BCUT2D eigenvalue weighted by Crippen LogP contribution is -1.82. The monoisotopic (exact) mass is 205 g/mol. The molecule has 0 radical (unpaired) electrons. The molecule has 2 aromatic rings. The van der Waals surface area contributed by atoms with Crippen LogP contribution in [0.5, 0.6) is 0 Å². The molecule has 0 amide bonds. The number of aromatic nitrogens is 1. The van der Waals surface area contributed by atoms with Crippen molar-refractivity contribution < 1.29 is 5.11 Å². The van der Waals surface area contributed by atoms with Crippen LogP contribution in [-0.2, 0) is 6.61 Å². The zero-order chi connectivity index (χ0) is 9.97. The molecular weight excluding hydrogens is 194 g/mol. The molecule has 0 fully saturated rings. The van der Waals surface area contributed by atoms with Gasteiger partial charge in [0.25, 0.3) is 0 Å². The van der Waals surface area contributed by atoms with E-state index < -0.39 is 0 Å². The third-order valence-electron chi connectivity index (χ3n) is 2.00. The molecule has 0 atom stereocenters. The highest BCUT2D eigenvalue weighted by molar-refractivity contribution is 7.13. The molecule has 2 rings (SSSR count). The maximum Gasteiger partial charge on any atom is 0.123 e. The summed E-state index contributed by atoms with van der Waals surface area (Å²) in [6, 6.07) is 7.83. The molecule has 0 aliphatic heterocycles. The van der Waals surface area contributed by atoms with E-state index in [4.69, 9.17) is 5.11 Å². The summed E-state index contributed by atoms with van der Waals surface area (Å²) in [6.45, 7) is 2.08. The van der Waals surface area contributed by atoms with Crippen molar-refractivity contribution in [2.45, 2.75) is 13.5 Å². The second kappa shape index (κ2) is 3.90. The molecule has 0 spiro atoms. The molecule has 0 bridgehead atoms. The molecule has 1 heterocycles. The van der Waals surface area contributed by atoms with E-state index in [2.05, 4.69) is 4.98 Å². The van der Waals surface area contributed by atoms with Crippen molar-refractivity contribution in [2.75, 3.05) is 0 Å². The molecule has 3 heteroatoms. The van der Waals surface area contributed by atoms with Gasteiger partial charge in [-0.2, -0.15) is 0 Å². The minimum atomic E-state index is 0.0944. The van der Waals surface area contributed by atoms with Gasteiger partial charge in [0, 0.05) is 16.6 Å². The fourth-order valence-electron chi connectivity index (χ4n) is 1.24. The van der Waals surface area contributed by atoms with E-state index in [1.807, 2.05) is 36.6 Å². The topological polar surface area (TPSA) is 33.1 Å². The zero-order valence-corrected chi connectivity index (χ0v) is 8.71. The van der Waals surface area contributed by atoms with E-state index in [-0.39, 0.29) is 6.61 Å². The number of aliphatic hydroxyl groups is 1. The number of thiazole rings is 1. The minimum Gasteiger partial charge on any atom is -0.392 e. The Balaban J connectivity index is 2.33. The van der Waals surface area contributed by atoms with Crippen LogP contribution in [0.2, 0.25) is 0 Å². The fourth-order valence-corrected chi connectivity index (χ4v) is 2.04. The van der Waals surface area contributed by atoms with Crippen molar-refractivity contribution >= 4 is 11.3 Å². The number of aryl methyl sites for hydroxylation is 1. The van der Waals surface area contributed by atoms with E-state index >= 15 is 0 Å². The second-order valence-corrected chi connectivity index (χ2v) is 4.01. The summed E-state index contributed by atoms with van der Waals surface area (Å²) in [5.41, 5.74) is 3.10. The summed E-state index contributed by atoms with van der Waals surface area (Å²) in [4.78, 5) is 4.39. The van der Waals surface area contributed by atoms with Crippen molar-refractivity contribution in [3.63, 3.8) is 0 Å². The van der Waals surface area contributed by atoms with Crippen molar-refractivity contribution in [1.29, 1.82) is 0 Å². The van der Waals surface area contributed by atoms with Gasteiger partial charge in [-0.1, -0.05) is 24.3 Å². The molecular formula is C11H11NOS. The first-order chi connectivity index (χ1) is 6.79. The van der Waals surface area contributed by atoms with Gasteiger partial charge in [0.2, 0.25) is 0 Å². The van der Waals surface area contributed by atoms with Crippen LogP contribution in [0.1, 0.15) is 11.3 Å². The summed E-state index contributed by atoms with van der Waals surface area (Å²) in [6.07, 6.45) is 0. The smallest absolute Gasteiger partial charge is 0.123 e.